The van der Waals surface area contributed by atoms with E-state index in [0.717, 1.165) is 16.7 Å². The van der Waals surface area contributed by atoms with Crippen LogP contribution in [0.25, 0.3) is 0 Å². The first-order valence-electron chi connectivity index (χ1n) is 8.08. The average Bonchev–Trinajstić information content (AvgIpc) is 2.63. The second kappa shape index (κ2) is 7.26. The Morgan fingerprint density at radius 3 is 2.00 bits per heavy atom. The predicted molar refractivity (Wildman–Crippen MR) is 96.6 cm³/mol. The number of pyridine rings is 1. The van der Waals surface area contributed by atoms with Crippen molar-refractivity contribution < 1.29 is 9.60 Å². The summed E-state index contributed by atoms with van der Waals surface area (Å²) in [4.78, 5) is 3.87. The Kier molecular flexibility index (Phi) is 4.89. The third-order valence-corrected chi connectivity index (χ3v) is 4.43. The van der Waals surface area contributed by atoms with E-state index in [4.69, 9.17) is 5.21 Å². The molecule has 0 spiro atoms. The van der Waals surface area contributed by atoms with E-state index in [1.165, 1.54) is 12.3 Å². The van der Waals surface area contributed by atoms with E-state index >= 15 is 0 Å². The topological polar surface area (TPSA) is 45.5 Å². The zero-order chi connectivity index (χ0) is 17.7. The van der Waals surface area contributed by atoms with Crippen LogP contribution in [0.4, 0.5) is 4.39 Å². The third-order valence-electron chi connectivity index (χ3n) is 4.43. The van der Waals surface area contributed by atoms with Gasteiger partial charge in [-0.3, -0.25) is 0 Å². The molecule has 1 heterocycles. The Hall–Kier alpha value is -3.01. The molecule has 0 aliphatic carbocycles. The smallest absolute Gasteiger partial charge is 0.213 e. The number of benzene rings is 2. The van der Waals surface area contributed by atoms with Crippen molar-refractivity contribution in [3.63, 3.8) is 0 Å². The van der Waals surface area contributed by atoms with Gasteiger partial charge in [-0.05, 0) is 35.7 Å². The van der Waals surface area contributed by atoms with Crippen molar-refractivity contribution in [3.05, 3.63) is 101 Å². The van der Waals surface area contributed by atoms with Crippen molar-refractivity contribution >= 4 is 6.21 Å². The van der Waals surface area contributed by atoms with Crippen LogP contribution in [0.5, 0.6) is 0 Å². The lowest BCUT2D eigenvalue weighted by Crippen LogP contribution is -2.30. The number of rotatable bonds is 5. The highest BCUT2D eigenvalue weighted by molar-refractivity contribution is 5.65. The first kappa shape index (κ1) is 16.8. The summed E-state index contributed by atoms with van der Waals surface area (Å²) in [6, 6.07) is 23.1. The molecule has 0 amide bonds. The van der Waals surface area contributed by atoms with Crippen LogP contribution in [0.3, 0.4) is 0 Å². The summed E-state index contributed by atoms with van der Waals surface area (Å²) in [5.74, 6) is -0.521. The van der Waals surface area contributed by atoms with Crippen molar-refractivity contribution in [1.82, 2.24) is 4.98 Å². The molecule has 1 aromatic heterocycles. The molecule has 2 aromatic carbocycles. The second-order valence-electron chi connectivity index (χ2n) is 5.96. The summed E-state index contributed by atoms with van der Waals surface area (Å²) in [5, 5.41) is 12.3. The van der Waals surface area contributed by atoms with Gasteiger partial charge in [-0.15, -0.1) is 5.16 Å². The van der Waals surface area contributed by atoms with Crippen LogP contribution in [0.1, 0.15) is 28.8 Å². The standard InChI is InChI=1S/C21H19FN2O/c1-16-14-19(15-20(22)24-16)21(12-13-23-25,17-8-4-2-5-9-17)18-10-6-3-7-11-18/h2-11,13-15,25H,12H2,1H3/b23-13+. The Morgan fingerprint density at radius 1 is 0.960 bits per heavy atom. The minimum Gasteiger partial charge on any atom is -0.411 e. The highest BCUT2D eigenvalue weighted by Gasteiger charge is 2.36. The van der Waals surface area contributed by atoms with Gasteiger partial charge in [-0.25, -0.2) is 4.98 Å². The second-order valence-corrected chi connectivity index (χ2v) is 5.96. The van der Waals surface area contributed by atoms with Gasteiger partial charge in [0.05, 0.1) is 5.41 Å². The quantitative estimate of drug-likeness (QED) is 0.318. The molecule has 4 heteroatoms. The Labute approximate surface area is 146 Å². The van der Waals surface area contributed by atoms with E-state index in [0.29, 0.717) is 12.1 Å². The van der Waals surface area contributed by atoms with Gasteiger partial charge in [0, 0.05) is 18.3 Å². The molecule has 3 nitrogen and oxygen atoms in total. The molecular formula is C21H19FN2O. The molecule has 0 unspecified atom stereocenters. The summed E-state index contributed by atoms with van der Waals surface area (Å²) >= 11 is 0. The number of aryl methyl sites for hydroxylation is 1. The molecule has 0 aliphatic heterocycles. The molecule has 0 fully saturated rings. The van der Waals surface area contributed by atoms with Crippen molar-refractivity contribution in [2.45, 2.75) is 18.8 Å². The number of hydrogen-bond donors (Lipinski definition) is 1. The van der Waals surface area contributed by atoms with Crippen molar-refractivity contribution in [2.75, 3.05) is 0 Å². The highest BCUT2D eigenvalue weighted by Crippen LogP contribution is 2.41. The maximum atomic E-state index is 14.1. The van der Waals surface area contributed by atoms with E-state index in [1.54, 1.807) is 6.92 Å². The number of nitrogens with zero attached hydrogens (tertiary/aromatic N) is 2. The normalized spacial score (nSPS) is 11.8. The molecule has 1 N–H and O–H groups in total. The van der Waals surface area contributed by atoms with Crippen LogP contribution in [-0.2, 0) is 5.41 Å². The van der Waals surface area contributed by atoms with Gasteiger partial charge >= 0.3 is 0 Å². The lowest BCUT2D eigenvalue weighted by Gasteiger charge is -2.35. The molecule has 3 rings (SSSR count). The van der Waals surface area contributed by atoms with E-state index in [9.17, 15) is 4.39 Å². The fraction of sp³-hybridized carbons (Fsp3) is 0.143. The fourth-order valence-corrected chi connectivity index (χ4v) is 3.35. The van der Waals surface area contributed by atoms with Crippen molar-refractivity contribution in [2.24, 2.45) is 5.16 Å². The molecule has 0 saturated carbocycles. The minimum atomic E-state index is -0.677. The summed E-state index contributed by atoms with van der Waals surface area (Å²) in [5.41, 5.74) is 2.68. The zero-order valence-corrected chi connectivity index (χ0v) is 13.9. The zero-order valence-electron chi connectivity index (χ0n) is 13.9. The van der Waals surface area contributed by atoms with Crippen LogP contribution in [0.15, 0.2) is 78.0 Å². The fourth-order valence-electron chi connectivity index (χ4n) is 3.35. The van der Waals surface area contributed by atoms with Crippen LogP contribution in [0.2, 0.25) is 0 Å². The van der Waals surface area contributed by atoms with E-state index in [1.807, 2.05) is 66.7 Å². The molecule has 0 atom stereocenters. The lowest BCUT2D eigenvalue weighted by molar-refractivity contribution is 0.319. The van der Waals surface area contributed by atoms with Crippen molar-refractivity contribution in [1.29, 1.82) is 0 Å². The van der Waals surface area contributed by atoms with Gasteiger partial charge in [0.2, 0.25) is 5.95 Å². The number of hydrogen-bond acceptors (Lipinski definition) is 3. The van der Waals surface area contributed by atoms with Crippen LogP contribution >= 0.6 is 0 Å². The van der Waals surface area contributed by atoms with Gasteiger partial charge in [-0.1, -0.05) is 60.7 Å². The molecule has 0 bridgehead atoms. The van der Waals surface area contributed by atoms with Crippen molar-refractivity contribution in [3.8, 4) is 0 Å². The Morgan fingerprint density at radius 2 is 1.52 bits per heavy atom. The summed E-state index contributed by atoms with van der Waals surface area (Å²) in [7, 11) is 0. The molecule has 0 saturated heterocycles. The van der Waals surface area contributed by atoms with Gasteiger partial charge in [-0.2, -0.15) is 4.39 Å². The molecular weight excluding hydrogens is 315 g/mol. The molecule has 0 radical (unpaired) electrons. The summed E-state index contributed by atoms with van der Waals surface area (Å²) in [6.07, 6.45) is 1.84. The van der Waals surface area contributed by atoms with E-state index in [-0.39, 0.29) is 0 Å². The molecule has 25 heavy (non-hydrogen) atoms. The number of oxime groups is 1. The average molecular weight is 334 g/mol. The largest absolute Gasteiger partial charge is 0.411 e. The Balaban J connectivity index is 2.36. The predicted octanol–water partition coefficient (Wildman–Crippen LogP) is 4.71. The number of halogens is 1. The maximum Gasteiger partial charge on any atom is 0.213 e. The van der Waals surface area contributed by atoms with Gasteiger partial charge in [0.1, 0.15) is 0 Å². The monoisotopic (exact) mass is 334 g/mol. The summed E-state index contributed by atoms with van der Waals surface area (Å²) < 4.78 is 14.1. The molecule has 3 aromatic rings. The third kappa shape index (κ3) is 3.29. The first-order valence-corrected chi connectivity index (χ1v) is 8.08. The van der Waals surface area contributed by atoms with Crippen LogP contribution in [0, 0.1) is 12.9 Å². The van der Waals surface area contributed by atoms with Crippen LogP contribution in [-0.4, -0.2) is 16.4 Å². The first-order chi connectivity index (χ1) is 12.2. The molecule has 126 valence electrons. The maximum absolute atomic E-state index is 14.1. The summed E-state index contributed by atoms with van der Waals surface area (Å²) in [6.45, 7) is 1.77. The minimum absolute atomic E-state index is 0.389. The SMILES string of the molecule is Cc1cc(C(C/C=N/O)(c2ccccc2)c2ccccc2)cc(F)n1. The lowest BCUT2D eigenvalue weighted by atomic mass is 9.67. The highest BCUT2D eigenvalue weighted by atomic mass is 19.1. The van der Waals surface area contributed by atoms with Crippen LogP contribution < -0.4 is 0 Å². The van der Waals surface area contributed by atoms with Gasteiger partial charge in [0.25, 0.3) is 0 Å². The molecule has 0 aliphatic rings. The number of aromatic nitrogens is 1. The van der Waals surface area contributed by atoms with Gasteiger partial charge in [0.15, 0.2) is 0 Å². The van der Waals surface area contributed by atoms with Gasteiger partial charge < -0.3 is 5.21 Å². The van der Waals surface area contributed by atoms with E-state index < -0.39 is 11.4 Å². The van der Waals surface area contributed by atoms with E-state index in [2.05, 4.69) is 10.1 Å². The Bertz CT molecular complexity index is 804.